The van der Waals surface area contributed by atoms with Gasteiger partial charge in [0.25, 0.3) is 0 Å². The molecule has 1 aromatic heterocycles. The maximum Gasteiger partial charge on any atom is 0.234 e. The maximum absolute atomic E-state index is 12.6. The van der Waals surface area contributed by atoms with E-state index in [0.29, 0.717) is 28.3 Å². The van der Waals surface area contributed by atoms with E-state index in [1.54, 1.807) is 41.0 Å². The summed E-state index contributed by atoms with van der Waals surface area (Å²) in [5.74, 6) is 1.07. The normalized spacial score (nSPS) is 10.6. The van der Waals surface area contributed by atoms with E-state index in [-0.39, 0.29) is 30.5 Å². The summed E-state index contributed by atoms with van der Waals surface area (Å²) < 4.78 is 7.23. The number of anilines is 1. The van der Waals surface area contributed by atoms with Gasteiger partial charge in [0.05, 0.1) is 31.0 Å². The van der Waals surface area contributed by atoms with Crippen molar-refractivity contribution in [3.05, 3.63) is 95.3 Å². The highest BCUT2D eigenvalue weighted by Crippen LogP contribution is 2.24. The third kappa shape index (κ3) is 7.58. The summed E-state index contributed by atoms with van der Waals surface area (Å²) in [5, 5.41) is 15.4. The van der Waals surface area contributed by atoms with Gasteiger partial charge in [0.1, 0.15) is 5.75 Å². The molecule has 10 heteroatoms. The number of aromatic nitrogens is 3. The van der Waals surface area contributed by atoms with Gasteiger partial charge in [0.15, 0.2) is 11.0 Å². The maximum atomic E-state index is 12.6. The zero-order valence-corrected chi connectivity index (χ0v) is 21.8. The average molecular weight is 536 g/mol. The molecule has 2 N–H and O–H groups in total. The Morgan fingerprint density at radius 3 is 2.49 bits per heavy atom. The third-order valence-corrected chi connectivity index (χ3v) is 6.36. The molecular weight excluding hydrogens is 510 g/mol. The van der Waals surface area contributed by atoms with Crippen molar-refractivity contribution in [3.63, 3.8) is 0 Å². The lowest BCUT2D eigenvalue weighted by Gasteiger charge is -2.12. The predicted octanol–water partition coefficient (Wildman–Crippen LogP) is 4.91. The van der Waals surface area contributed by atoms with Crippen LogP contribution in [0.15, 0.2) is 84.0 Å². The molecule has 3 aromatic carbocycles. The molecule has 0 aliphatic rings. The van der Waals surface area contributed by atoms with Crippen molar-refractivity contribution in [1.82, 2.24) is 20.1 Å². The van der Waals surface area contributed by atoms with Crippen LogP contribution in [0.25, 0.3) is 5.69 Å². The highest BCUT2D eigenvalue weighted by Gasteiger charge is 2.17. The van der Waals surface area contributed by atoms with E-state index < -0.39 is 0 Å². The molecule has 0 aliphatic heterocycles. The van der Waals surface area contributed by atoms with Crippen molar-refractivity contribution in [2.75, 3.05) is 17.7 Å². The number of hydrogen-bond acceptors (Lipinski definition) is 6. The first kappa shape index (κ1) is 26.2. The van der Waals surface area contributed by atoms with Gasteiger partial charge in [-0.05, 0) is 55.0 Å². The van der Waals surface area contributed by atoms with Crippen LogP contribution in [0.1, 0.15) is 18.3 Å². The van der Waals surface area contributed by atoms with Gasteiger partial charge in [-0.3, -0.25) is 14.2 Å². The summed E-state index contributed by atoms with van der Waals surface area (Å²) in [5.41, 5.74) is 2.33. The van der Waals surface area contributed by atoms with Crippen molar-refractivity contribution in [2.45, 2.75) is 25.0 Å². The van der Waals surface area contributed by atoms with Crippen LogP contribution in [-0.4, -0.2) is 38.9 Å². The largest absolute Gasteiger partial charge is 0.494 e. The fraction of sp³-hybridized carbons (Fsp3) is 0.185. The number of thioether (sulfide) groups is 1. The summed E-state index contributed by atoms with van der Waals surface area (Å²) in [6.07, 6.45) is 0.263. The molecule has 37 heavy (non-hydrogen) atoms. The molecule has 0 unspecified atom stereocenters. The average Bonchev–Trinajstić information content (AvgIpc) is 3.31. The van der Waals surface area contributed by atoms with Crippen molar-refractivity contribution in [3.8, 4) is 11.4 Å². The number of halogens is 1. The molecule has 4 aromatic rings. The second-order valence-electron chi connectivity index (χ2n) is 7.95. The number of amides is 2. The number of nitrogens with one attached hydrogen (secondary N) is 2. The molecule has 0 saturated heterocycles. The number of nitrogens with zero attached hydrogens (tertiary/aromatic N) is 3. The number of ether oxygens (including phenoxy) is 1. The second kappa shape index (κ2) is 12.9. The zero-order chi connectivity index (χ0) is 26.0. The third-order valence-electron chi connectivity index (χ3n) is 5.20. The Kier molecular flexibility index (Phi) is 9.18. The number of hydrogen-bond donors (Lipinski definition) is 2. The monoisotopic (exact) mass is 535 g/mol. The molecule has 0 bridgehead atoms. The van der Waals surface area contributed by atoms with Crippen LogP contribution < -0.4 is 15.4 Å². The Labute approximate surface area is 224 Å². The van der Waals surface area contributed by atoms with E-state index in [0.717, 1.165) is 17.0 Å². The number of benzene rings is 3. The number of rotatable bonds is 11. The number of carbonyl (C=O) groups excluding carboxylic acids is 2. The molecule has 8 nitrogen and oxygen atoms in total. The molecule has 0 saturated carbocycles. The fourth-order valence-electron chi connectivity index (χ4n) is 3.53. The Bertz CT molecular complexity index is 1350. The van der Waals surface area contributed by atoms with Crippen LogP contribution in [0.2, 0.25) is 5.02 Å². The SMILES string of the molecule is CCOc1ccc(NC(=O)CSc2nnc(CNC(=O)Cc3ccccc3)n2-c2cccc(Cl)c2)cc1. The lowest BCUT2D eigenvalue weighted by atomic mass is 10.1. The first-order valence-electron chi connectivity index (χ1n) is 11.7. The molecule has 0 radical (unpaired) electrons. The molecule has 2 amide bonds. The highest BCUT2D eigenvalue weighted by atomic mass is 35.5. The van der Waals surface area contributed by atoms with Gasteiger partial charge in [-0.2, -0.15) is 0 Å². The van der Waals surface area contributed by atoms with Crippen molar-refractivity contribution in [1.29, 1.82) is 0 Å². The van der Waals surface area contributed by atoms with Gasteiger partial charge >= 0.3 is 0 Å². The molecule has 1 heterocycles. The van der Waals surface area contributed by atoms with Crippen molar-refractivity contribution < 1.29 is 14.3 Å². The van der Waals surface area contributed by atoms with Gasteiger partial charge in [0.2, 0.25) is 11.8 Å². The van der Waals surface area contributed by atoms with Gasteiger partial charge < -0.3 is 15.4 Å². The molecule has 190 valence electrons. The van der Waals surface area contributed by atoms with Crippen LogP contribution in [-0.2, 0) is 22.6 Å². The summed E-state index contributed by atoms with van der Waals surface area (Å²) >= 11 is 7.47. The molecule has 0 spiro atoms. The summed E-state index contributed by atoms with van der Waals surface area (Å²) in [7, 11) is 0. The first-order chi connectivity index (χ1) is 18.0. The van der Waals surface area contributed by atoms with E-state index in [2.05, 4.69) is 20.8 Å². The van der Waals surface area contributed by atoms with E-state index >= 15 is 0 Å². The zero-order valence-electron chi connectivity index (χ0n) is 20.2. The summed E-state index contributed by atoms with van der Waals surface area (Å²) in [6, 6.07) is 23.9. The van der Waals surface area contributed by atoms with E-state index in [1.807, 2.05) is 49.4 Å². The van der Waals surface area contributed by atoms with Crippen LogP contribution in [0.3, 0.4) is 0 Å². The minimum absolute atomic E-state index is 0.117. The Hall–Kier alpha value is -3.82. The molecule has 0 aliphatic carbocycles. The lowest BCUT2D eigenvalue weighted by Crippen LogP contribution is -2.26. The predicted molar refractivity (Wildman–Crippen MR) is 145 cm³/mol. The molecule has 0 fully saturated rings. The van der Waals surface area contributed by atoms with E-state index in [1.165, 1.54) is 11.8 Å². The van der Waals surface area contributed by atoms with Crippen molar-refractivity contribution in [2.24, 2.45) is 0 Å². The Morgan fingerprint density at radius 1 is 0.973 bits per heavy atom. The van der Waals surface area contributed by atoms with E-state index in [9.17, 15) is 9.59 Å². The van der Waals surface area contributed by atoms with Gasteiger partial charge in [0, 0.05) is 10.7 Å². The summed E-state index contributed by atoms with van der Waals surface area (Å²) in [4.78, 5) is 25.1. The minimum atomic E-state index is -0.187. The van der Waals surface area contributed by atoms with Crippen LogP contribution in [0.4, 0.5) is 5.69 Å². The van der Waals surface area contributed by atoms with Crippen LogP contribution >= 0.6 is 23.4 Å². The molecule has 4 rings (SSSR count). The molecular formula is C27H26ClN5O3S. The smallest absolute Gasteiger partial charge is 0.234 e. The van der Waals surface area contributed by atoms with Gasteiger partial charge in [-0.1, -0.05) is 59.8 Å². The quantitative estimate of drug-likeness (QED) is 0.265. The summed E-state index contributed by atoms with van der Waals surface area (Å²) in [6.45, 7) is 2.66. The minimum Gasteiger partial charge on any atom is -0.494 e. The van der Waals surface area contributed by atoms with Gasteiger partial charge in [-0.25, -0.2) is 0 Å². The van der Waals surface area contributed by atoms with Crippen molar-refractivity contribution >= 4 is 40.9 Å². The topological polar surface area (TPSA) is 98.1 Å². The lowest BCUT2D eigenvalue weighted by molar-refractivity contribution is -0.120. The Morgan fingerprint density at radius 2 is 1.76 bits per heavy atom. The number of carbonyl (C=O) groups is 2. The van der Waals surface area contributed by atoms with Crippen LogP contribution in [0.5, 0.6) is 5.75 Å². The van der Waals surface area contributed by atoms with E-state index in [4.69, 9.17) is 16.3 Å². The highest BCUT2D eigenvalue weighted by molar-refractivity contribution is 7.99. The second-order valence-corrected chi connectivity index (χ2v) is 9.33. The fourth-order valence-corrected chi connectivity index (χ4v) is 4.49. The Balaban J connectivity index is 1.43. The molecule has 0 atom stereocenters. The van der Waals surface area contributed by atoms with Gasteiger partial charge in [-0.15, -0.1) is 10.2 Å². The standard InChI is InChI=1S/C27H26ClN5O3S/c1-2-36-23-13-11-21(12-14-23)30-26(35)18-37-27-32-31-24(33(27)22-10-6-9-20(28)16-22)17-29-25(34)15-19-7-4-3-5-8-19/h3-14,16H,2,15,17-18H2,1H3,(H,29,34)(H,30,35). The first-order valence-corrected chi connectivity index (χ1v) is 13.0. The van der Waals surface area contributed by atoms with Crippen LogP contribution in [0, 0.1) is 0 Å².